The molecule has 1 N–H and O–H groups in total. The number of hydrogen-bond donors (Lipinski definition) is 1. The van der Waals surface area contributed by atoms with Crippen molar-refractivity contribution >= 4 is 0 Å². The van der Waals surface area contributed by atoms with E-state index < -0.39 is 5.60 Å². The summed E-state index contributed by atoms with van der Waals surface area (Å²) in [5.41, 5.74) is 1.61. The fourth-order valence-electron chi connectivity index (χ4n) is 1.67. The molecule has 2 heteroatoms. The predicted octanol–water partition coefficient (Wildman–Crippen LogP) is 2.95. The Hall–Kier alpha value is -1.02. The van der Waals surface area contributed by atoms with E-state index >= 15 is 0 Å². The summed E-state index contributed by atoms with van der Waals surface area (Å²) in [5, 5.41) is 10.2. The van der Waals surface area contributed by atoms with Crippen LogP contribution in [-0.4, -0.2) is 17.8 Å². The monoisotopic (exact) mass is 222 g/mol. The lowest BCUT2D eigenvalue weighted by Crippen LogP contribution is -2.33. The number of hydrogen-bond acceptors (Lipinski definition) is 2. The molecule has 0 fully saturated rings. The van der Waals surface area contributed by atoms with Crippen LogP contribution in [0.25, 0.3) is 0 Å². The number of benzene rings is 1. The van der Waals surface area contributed by atoms with Crippen LogP contribution in [0.5, 0.6) is 5.75 Å². The second kappa shape index (κ2) is 4.88. The maximum atomic E-state index is 10.2. The summed E-state index contributed by atoms with van der Waals surface area (Å²) >= 11 is 0. The van der Waals surface area contributed by atoms with E-state index in [1.54, 1.807) is 7.11 Å². The first kappa shape index (κ1) is 13.0. The molecule has 0 saturated heterocycles. The molecule has 0 bridgehead atoms. The maximum absolute atomic E-state index is 10.2. The van der Waals surface area contributed by atoms with Crippen molar-refractivity contribution in [3.05, 3.63) is 29.3 Å². The van der Waals surface area contributed by atoms with Gasteiger partial charge in [-0.25, -0.2) is 0 Å². The van der Waals surface area contributed by atoms with Crippen molar-refractivity contribution in [2.45, 2.75) is 39.7 Å². The molecule has 0 amide bonds. The van der Waals surface area contributed by atoms with Crippen LogP contribution >= 0.6 is 0 Å². The van der Waals surface area contributed by atoms with Gasteiger partial charge in [0.1, 0.15) is 5.75 Å². The van der Waals surface area contributed by atoms with E-state index in [0.29, 0.717) is 6.42 Å². The summed E-state index contributed by atoms with van der Waals surface area (Å²) < 4.78 is 5.22. The van der Waals surface area contributed by atoms with Gasteiger partial charge in [-0.2, -0.15) is 0 Å². The zero-order chi connectivity index (χ0) is 12.3. The Morgan fingerprint density at radius 3 is 2.44 bits per heavy atom. The number of aliphatic hydroxyl groups is 1. The first-order valence-corrected chi connectivity index (χ1v) is 5.72. The molecule has 1 aromatic rings. The second-order valence-corrected chi connectivity index (χ2v) is 4.99. The highest BCUT2D eigenvalue weighted by atomic mass is 16.5. The fraction of sp³-hybridized carbons (Fsp3) is 0.571. The van der Waals surface area contributed by atoms with Gasteiger partial charge in [-0.15, -0.1) is 0 Å². The third-order valence-corrected chi connectivity index (χ3v) is 3.27. The minimum atomic E-state index is -0.652. The largest absolute Gasteiger partial charge is 0.496 e. The Morgan fingerprint density at radius 1 is 1.38 bits per heavy atom. The van der Waals surface area contributed by atoms with Crippen molar-refractivity contribution in [2.24, 2.45) is 5.92 Å². The normalized spacial score (nSPS) is 14.9. The Labute approximate surface area is 98.3 Å². The van der Waals surface area contributed by atoms with Crippen LogP contribution < -0.4 is 4.74 Å². The maximum Gasteiger partial charge on any atom is 0.121 e. The summed E-state index contributed by atoms with van der Waals surface area (Å²) in [6.07, 6.45) is 0.676. The molecule has 0 aliphatic rings. The van der Waals surface area contributed by atoms with Gasteiger partial charge in [-0.05, 0) is 37.0 Å². The number of aryl methyl sites for hydroxylation is 1. The van der Waals surface area contributed by atoms with Gasteiger partial charge in [0, 0.05) is 6.42 Å². The van der Waals surface area contributed by atoms with E-state index in [2.05, 4.69) is 6.07 Å². The van der Waals surface area contributed by atoms with Gasteiger partial charge < -0.3 is 9.84 Å². The minimum Gasteiger partial charge on any atom is -0.496 e. The van der Waals surface area contributed by atoms with Gasteiger partial charge in [0.05, 0.1) is 12.7 Å². The molecule has 0 aromatic heterocycles. The van der Waals surface area contributed by atoms with Crippen molar-refractivity contribution < 1.29 is 9.84 Å². The Morgan fingerprint density at radius 2 is 2.00 bits per heavy atom. The van der Waals surface area contributed by atoms with Gasteiger partial charge in [0.2, 0.25) is 0 Å². The highest BCUT2D eigenvalue weighted by Gasteiger charge is 2.25. The van der Waals surface area contributed by atoms with Crippen molar-refractivity contribution in [1.29, 1.82) is 0 Å². The average molecular weight is 222 g/mol. The Balaban J connectivity index is 2.87. The number of ether oxygens (including phenoxy) is 1. The van der Waals surface area contributed by atoms with E-state index in [1.165, 1.54) is 0 Å². The van der Waals surface area contributed by atoms with Crippen LogP contribution in [0, 0.1) is 12.8 Å². The lowest BCUT2D eigenvalue weighted by Gasteiger charge is -2.28. The topological polar surface area (TPSA) is 29.5 Å². The van der Waals surface area contributed by atoms with Gasteiger partial charge in [0.15, 0.2) is 0 Å². The van der Waals surface area contributed by atoms with Crippen molar-refractivity contribution in [3.8, 4) is 5.75 Å². The van der Waals surface area contributed by atoms with E-state index in [9.17, 15) is 5.11 Å². The number of methoxy groups -OCH3 is 1. The zero-order valence-corrected chi connectivity index (χ0v) is 10.9. The predicted molar refractivity (Wildman–Crippen MR) is 66.9 cm³/mol. The molecule has 16 heavy (non-hydrogen) atoms. The second-order valence-electron chi connectivity index (χ2n) is 4.99. The zero-order valence-electron chi connectivity index (χ0n) is 10.9. The third-order valence-electron chi connectivity index (χ3n) is 3.27. The fourth-order valence-corrected chi connectivity index (χ4v) is 1.67. The van der Waals surface area contributed by atoms with Crippen LogP contribution in [0.3, 0.4) is 0 Å². The van der Waals surface area contributed by atoms with E-state index in [1.807, 2.05) is 39.8 Å². The third kappa shape index (κ3) is 2.99. The molecule has 0 aliphatic heterocycles. The molecule has 0 radical (unpaired) electrons. The van der Waals surface area contributed by atoms with E-state index in [0.717, 1.165) is 16.9 Å². The first-order valence-electron chi connectivity index (χ1n) is 5.72. The van der Waals surface area contributed by atoms with E-state index in [4.69, 9.17) is 4.74 Å². The summed E-state index contributed by atoms with van der Waals surface area (Å²) in [6.45, 7) is 7.98. The van der Waals surface area contributed by atoms with Crippen molar-refractivity contribution in [2.75, 3.05) is 7.11 Å². The molecule has 1 atom stereocenters. The number of rotatable bonds is 4. The van der Waals surface area contributed by atoms with Gasteiger partial charge in [-0.1, -0.05) is 26.0 Å². The molecule has 0 spiro atoms. The molecule has 0 saturated carbocycles. The average Bonchev–Trinajstić information content (AvgIpc) is 2.17. The summed E-state index contributed by atoms with van der Waals surface area (Å²) in [4.78, 5) is 0. The van der Waals surface area contributed by atoms with Crippen LogP contribution in [-0.2, 0) is 6.42 Å². The van der Waals surface area contributed by atoms with Crippen LogP contribution in [0.15, 0.2) is 18.2 Å². The Bertz CT molecular complexity index is 354. The lowest BCUT2D eigenvalue weighted by molar-refractivity contribution is 0.0139. The van der Waals surface area contributed by atoms with Gasteiger partial charge >= 0.3 is 0 Å². The SMILES string of the molecule is COc1ccc(CC(C)(O)C(C)C)cc1C. The van der Waals surface area contributed by atoms with Crippen LogP contribution in [0.2, 0.25) is 0 Å². The molecular weight excluding hydrogens is 200 g/mol. The van der Waals surface area contributed by atoms with E-state index in [-0.39, 0.29) is 5.92 Å². The summed E-state index contributed by atoms with van der Waals surface area (Å²) in [7, 11) is 1.67. The van der Waals surface area contributed by atoms with Crippen molar-refractivity contribution in [3.63, 3.8) is 0 Å². The van der Waals surface area contributed by atoms with Crippen LogP contribution in [0.4, 0.5) is 0 Å². The Kier molecular flexibility index (Phi) is 3.98. The minimum absolute atomic E-state index is 0.245. The molecule has 2 nitrogen and oxygen atoms in total. The molecule has 0 heterocycles. The molecule has 1 rings (SSSR count). The van der Waals surface area contributed by atoms with Crippen LogP contribution in [0.1, 0.15) is 31.9 Å². The molecule has 0 aliphatic carbocycles. The van der Waals surface area contributed by atoms with Crippen molar-refractivity contribution in [1.82, 2.24) is 0 Å². The summed E-state index contributed by atoms with van der Waals surface area (Å²) in [5.74, 6) is 1.14. The first-order chi connectivity index (χ1) is 7.36. The highest BCUT2D eigenvalue weighted by molar-refractivity contribution is 5.36. The summed E-state index contributed by atoms with van der Waals surface area (Å²) in [6, 6.07) is 6.06. The standard InChI is InChI=1S/C14H22O2/c1-10(2)14(4,15)9-12-6-7-13(16-5)11(3)8-12/h6-8,10,15H,9H2,1-5H3. The molecule has 1 aromatic carbocycles. The smallest absolute Gasteiger partial charge is 0.121 e. The molecular formula is C14H22O2. The van der Waals surface area contributed by atoms with Gasteiger partial charge in [-0.3, -0.25) is 0 Å². The quantitative estimate of drug-likeness (QED) is 0.848. The molecule has 1 unspecified atom stereocenters. The highest BCUT2D eigenvalue weighted by Crippen LogP contribution is 2.25. The molecule has 90 valence electrons. The van der Waals surface area contributed by atoms with Gasteiger partial charge in [0.25, 0.3) is 0 Å². The lowest BCUT2D eigenvalue weighted by atomic mass is 9.86.